The number of nitrogens with two attached hydrogens (primary N) is 1. The molecule has 0 amide bonds. The van der Waals surface area contributed by atoms with Crippen LogP contribution in [-0.4, -0.2) is 9.88 Å². The van der Waals surface area contributed by atoms with E-state index in [2.05, 4.69) is 58.4 Å². The van der Waals surface area contributed by atoms with E-state index in [0.717, 1.165) is 28.1 Å². The summed E-state index contributed by atoms with van der Waals surface area (Å²) >= 11 is 7.05. The smallest absolute Gasteiger partial charge is 0.114 e. The molecule has 0 unspecified atom stereocenters. The number of hydrogen-bond acceptors (Lipinski definition) is 3. The van der Waals surface area contributed by atoms with Crippen LogP contribution in [-0.2, 0) is 13.1 Å². The molecule has 0 atom stereocenters. The number of halogens is 1. The van der Waals surface area contributed by atoms with Gasteiger partial charge in [-0.05, 0) is 52.1 Å². The fraction of sp³-hybridized carbons (Fsp3) is 0.0741. The lowest BCUT2D eigenvalue weighted by molar-refractivity contribution is 0.343. The first kappa shape index (κ1) is 19.4. The van der Waals surface area contributed by atoms with Gasteiger partial charge in [0.05, 0.1) is 12.2 Å². The van der Waals surface area contributed by atoms with Crippen LogP contribution in [0, 0.1) is 0 Å². The van der Waals surface area contributed by atoms with Crippen molar-refractivity contribution in [2.24, 2.45) is 0 Å². The molecule has 0 radical (unpaired) electrons. The summed E-state index contributed by atoms with van der Waals surface area (Å²) in [5.74, 6) is 0. The average molecular weight is 424 g/mol. The highest BCUT2D eigenvalue weighted by atomic mass is 35.5. The minimum absolute atomic E-state index is 0.633. The van der Waals surface area contributed by atoms with E-state index in [0.29, 0.717) is 18.2 Å². The molecule has 2 heterocycles. The van der Waals surface area contributed by atoms with Crippen molar-refractivity contribution in [3.8, 4) is 11.1 Å². The van der Waals surface area contributed by atoms with E-state index in [4.69, 9.17) is 17.3 Å². The molecule has 1 aliphatic heterocycles. The number of aromatic nitrogens is 1. The standard InChI is InChI=1S/C27H22ClN3/c28-27-26(20-10-6-11-21(29)16-20)24-14-7-13-23(19-8-2-1-3-9-19)25(24)18-31(27)17-22-12-4-5-15-30-22/h1-16H,17-18,29H2. The van der Waals surface area contributed by atoms with Crippen LogP contribution in [0.4, 0.5) is 5.69 Å². The quantitative estimate of drug-likeness (QED) is 0.309. The Morgan fingerprint density at radius 3 is 2.32 bits per heavy atom. The van der Waals surface area contributed by atoms with Gasteiger partial charge in [-0.1, -0.05) is 78.3 Å². The second-order valence-electron chi connectivity index (χ2n) is 7.67. The number of nitrogen functional groups attached to an aromatic ring is 1. The van der Waals surface area contributed by atoms with E-state index < -0.39 is 0 Å². The summed E-state index contributed by atoms with van der Waals surface area (Å²) in [4.78, 5) is 6.70. The van der Waals surface area contributed by atoms with Crippen LogP contribution >= 0.6 is 11.6 Å². The maximum Gasteiger partial charge on any atom is 0.114 e. The van der Waals surface area contributed by atoms with Crippen molar-refractivity contribution in [3.05, 3.63) is 125 Å². The molecule has 31 heavy (non-hydrogen) atoms. The Morgan fingerprint density at radius 2 is 1.55 bits per heavy atom. The van der Waals surface area contributed by atoms with Crippen molar-refractivity contribution >= 4 is 22.9 Å². The summed E-state index contributed by atoms with van der Waals surface area (Å²) in [6.45, 7) is 1.34. The molecule has 0 bridgehead atoms. The van der Waals surface area contributed by atoms with Crippen LogP contribution < -0.4 is 5.73 Å². The fourth-order valence-corrected chi connectivity index (χ4v) is 4.52. The van der Waals surface area contributed by atoms with Crippen LogP contribution in [0.1, 0.15) is 22.4 Å². The van der Waals surface area contributed by atoms with Gasteiger partial charge < -0.3 is 10.6 Å². The van der Waals surface area contributed by atoms with Crippen molar-refractivity contribution in [1.82, 2.24) is 9.88 Å². The molecule has 0 saturated carbocycles. The number of anilines is 1. The summed E-state index contributed by atoms with van der Waals surface area (Å²) < 4.78 is 0. The Bertz CT molecular complexity index is 1250. The normalized spacial score (nSPS) is 13.3. The number of pyridine rings is 1. The van der Waals surface area contributed by atoms with Crippen molar-refractivity contribution in [2.75, 3.05) is 5.73 Å². The molecule has 0 saturated heterocycles. The van der Waals surface area contributed by atoms with Gasteiger partial charge in [-0.15, -0.1) is 0 Å². The molecule has 152 valence electrons. The Balaban J connectivity index is 1.70. The van der Waals surface area contributed by atoms with Crippen LogP contribution in [0.2, 0.25) is 0 Å². The van der Waals surface area contributed by atoms with Gasteiger partial charge in [-0.2, -0.15) is 0 Å². The van der Waals surface area contributed by atoms with Gasteiger partial charge in [-0.3, -0.25) is 4.98 Å². The van der Waals surface area contributed by atoms with Gasteiger partial charge >= 0.3 is 0 Å². The molecule has 0 aliphatic carbocycles. The van der Waals surface area contributed by atoms with E-state index in [9.17, 15) is 0 Å². The molecule has 4 aromatic rings. The van der Waals surface area contributed by atoms with Crippen LogP contribution in [0.3, 0.4) is 0 Å². The Morgan fingerprint density at radius 1 is 0.806 bits per heavy atom. The monoisotopic (exact) mass is 423 g/mol. The summed E-state index contributed by atoms with van der Waals surface area (Å²) in [5.41, 5.74) is 14.7. The lowest BCUT2D eigenvalue weighted by Gasteiger charge is -2.33. The maximum atomic E-state index is 7.05. The zero-order valence-electron chi connectivity index (χ0n) is 17.0. The molecule has 2 N–H and O–H groups in total. The third-order valence-corrected chi connectivity index (χ3v) is 6.05. The molecular formula is C27H22ClN3. The first-order chi connectivity index (χ1) is 15.2. The molecule has 1 aromatic heterocycles. The van der Waals surface area contributed by atoms with Gasteiger partial charge in [0.1, 0.15) is 5.16 Å². The summed E-state index contributed by atoms with van der Waals surface area (Å²) in [5, 5.41) is 0.717. The third-order valence-electron chi connectivity index (χ3n) is 5.62. The topological polar surface area (TPSA) is 42.1 Å². The van der Waals surface area contributed by atoms with Gasteiger partial charge in [0.15, 0.2) is 0 Å². The molecule has 5 rings (SSSR count). The van der Waals surface area contributed by atoms with Crippen LogP contribution in [0.25, 0.3) is 16.7 Å². The number of nitrogens with zero attached hydrogens (tertiary/aromatic N) is 2. The van der Waals surface area contributed by atoms with E-state index >= 15 is 0 Å². The van der Waals surface area contributed by atoms with E-state index in [-0.39, 0.29) is 0 Å². The Kier molecular flexibility index (Phi) is 5.19. The second-order valence-corrected chi connectivity index (χ2v) is 8.02. The maximum absolute atomic E-state index is 7.05. The molecule has 4 heteroatoms. The zero-order valence-corrected chi connectivity index (χ0v) is 17.8. The highest BCUT2D eigenvalue weighted by molar-refractivity contribution is 6.33. The Labute approximate surface area is 187 Å². The fourth-order valence-electron chi connectivity index (χ4n) is 4.19. The highest BCUT2D eigenvalue weighted by Gasteiger charge is 2.27. The van der Waals surface area contributed by atoms with Crippen LogP contribution in [0.5, 0.6) is 0 Å². The predicted octanol–water partition coefficient (Wildman–Crippen LogP) is 6.30. The van der Waals surface area contributed by atoms with Gasteiger partial charge in [0.2, 0.25) is 0 Å². The number of rotatable bonds is 4. The van der Waals surface area contributed by atoms with Gasteiger partial charge in [-0.25, -0.2) is 0 Å². The SMILES string of the molecule is Nc1cccc(C2=C(Cl)N(Cc3ccccn3)Cc3c2cccc3-c2ccccc2)c1. The molecule has 1 aliphatic rings. The first-order valence-corrected chi connectivity index (χ1v) is 10.7. The molecule has 3 aromatic carbocycles. The summed E-state index contributed by atoms with van der Waals surface area (Å²) in [7, 11) is 0. The zero-order chi connectivity index (χ0) is 21.2. The molecular weight excluding hydrogens is 402 g/mol. The number of fused-ring (bicyclic) bond motifs is 1. The lowest BCUT2D eigenvalue weighted by atomic mass is 9.86. The van der Waals surface area contributed by atoms with Crippen molar-refractivity contribution < 1.29 is 0 Å². The van der Waals surface area contributed by atoms with Crippen molar-refractivity contribution in [1.29, 1.82) is 0 Å². The van der Waals surface area contributed by atoms with Crippen molar-refractivity contribution in [2.45, 2.75) is 13.1 Å². The summed E-state index contributed by atoms with van der Waals surface area (Å²) in [6.07, 6.45) is 1.82. The van der Waals surface area contributed by atoms with Crippen LogP contribution in [0.15, 0.2) is 102 Å². The van der Waals surface area contributed by atoms with E-state index in [1.165, 1.54) is 16.7 Å². The second kappa shape index (κ2) is 8.29. The molecule has 3 nitrogen and oxygen atoms in total. The average Bonchev–Trinajstić information content (AvgIpc) is 2.80. The van der Waals surface area contributed by atoms with Gasteiger partial charge in [0.25, 0.3) is 0 Å². The Hall–Kier alpha value is -3.56. The first-order valence-electron chi connectivity index (χ1n) is 10.3. The molecule has 0 spiro atoms. The van der Waals surface area contributed by atoms with E-state index in [1.54, 1.807) is 0 Å². The highest BCUT2D eigenvalue weighted by Crippen LogP contribution is 2.42. The number of hydrogen-bond donors (Lipinski definition) is 1. The lowest BCUT2D eigenvalue weighted by Crippen LogP contribution is -2.26. The largest absolute Gasteiger partial charge is 0.399 e. The van der Waals surface area contributed by atoms with Crippen molar-refractivity contribution in [3.63, 3.8) is 0 Å². The minimum Gasteiger partial charge on any atom is -0.399 e. The summed E-state index contributed by atoms with van der Waals surface area (Å²) in [6, 6.07) is 30.8. The minimum atomic E-state index is 0.633. The predicted molar refractivity (Wildman–Crippen MR) is 128 cm³/mol. The number of benzene rings is 3. The van der Waals surface area contributed by atoms with Gasteiger partial charge in [0, 0.05) is 24.0 Å². The molecule has 0 fully saturated rings. The van der Waals surface area contributed by atoms with E-state index in [1.807, 2.05) is 48.7 Å². The third kappa shape index (κ3) is 3.80.